The molecule has 2 atom stereocenters. The van der Waals surface area contributed by atoms with Gasteiger partial charge >= 0.3 is 0 Å². The van der Waals surface area contributed by atoms with Gasteiger partial charge in [-0.3, -0.25) is 14.5 Å². The van der Waals surface area contributed by atoms with Crippen LogP contribution in [0.25, 0.3) is 0 Å². The molecule has 0 radical (unpaired) electrons. The van der Waals surface area contributed by atoms with Crippen LogP contribution in [0.2, 0.25) is 0 Å². The molecule has 0 bridgehead atoms. The Morgan fingerprint density at radius 3 is 2.55 bits per heavy atom. The molecule has 0 saturated carbocycles. The van der Waals surface area contributed by atoms with Crippen LogP contribution in [0, 0.1) is 5.92 Å². The number of carbonyl (C=O) groups is 2. The highest BCUT2D eigenvalue weighted by molar-refractivity contribution is 9.10. The minimum Gasteiger partial charge on any atom is -0.342 e. The Morgan fingerprint density at radius 1 is 1.30 bits per heavy atom. The lowest BCUT2D eigenvalue weighted by Crippen LogP contribution is -2.63. The molecule has 1 aromatic rings. The minimum absolute atomic E-state index is 0.0438. The van der Waals surface area contributed by atoms with E-state index in [0.29, 0.717) is 12.3 Å². The second-order valence-corrected chi connectivity index (χ2v) is 6.38. The third-order valence-electron chi connectivity index (χ3n) is 3.44. The molecule has 0 aliphatic carbocycles. The fourth-order valence-corrected chi connectivity index (χ4v) is 2.91. The number of amides is 2. The maximum Gasteiger partial charge on any atom is 0.250 e. The van der Waals surface area contributed by atoms with Crippen molar-refractivity contribution in [2.45, 2.75) is 39.3 Å². The maximum atomic E-state index is 12.7. The third kappa shape index (κ3) is 2.87. The molecule has 2 rings (SSSR count). The smallest absolute Gasteiger partial charge is 0.250 e. The fraction of sp³-hybridized carbons (Fsp3) is 0.467. The number of carbonyl (C=O) groups excluding carboxylic acids is 2. The van der Waals surface area contributed by atoms with Crippen molar-refractivity contribution >= 4 is 33.4 Å². The Hall–Kier alpha value is -1.36. The predicted octanol–water partition coefficient (Wildman–Crippen LogP) is 2.72. The van der Waals surface area contributed by atoms with E-state index in [0.717, 1.165) is 10.2 Å². The van der Waals surface area contributed by atoms with Crippen LogP contribution < -0.4 is 10.2 Å². The number of nitrogens with one attached hydrogen (secondary N) is 1. The number of nitrogens with zero attached hydrogens (tertiary/aromatic N) is 1. The Balaban J connectivity index is 2.36. The van der Waals surface area contributed by atoms with Crippen molar-refractivity contribution in [2.75, 3.05) is 4.90 Å². The lowest BCUT2D eigenvalue weighted by Gasteiger charge is -2.38. The van der Waals surface area contributed by atoms with Crippen molar-refractivity contribution in [2.24, 2.45) is 5.92 Å². The molecule has 1 aliphatic rings. The summed E-state index contributed by atoms with van der Waals surface area (Å²) in [4.78, 5) is 26.4. The van der Waals surface area contributed by atoms with E-state index < -0.39 is 12.1 Å². The van der Waals surface area contributed by atoms with E-state index in [9.17, 15) is 9.59 Å². The molecular weight excluding hydrogens is 320 g/mol. The van der Waals surface area contributed by atoms with Crippen LogP contribution in [0.5, 0.6) is 0 Å². The van der Waals surface area contributed by atoms with Gasteiger partial charge in [-0.1, -0.05) is 26.0 Å². The molecule has 1 N–H and O–H groups in total. The van der Waals surface area contributed by atoms with Crippen LogP contribution in [-0.2, 0) is 9.59 Å². The first-order valence-electron chi connectivity index (χ1n) is 6.79. The highest BCUT2D eigenvalue weighted by atomic mass is 79.9. The standard InChI is InChI=1S/C15H19BrN2O2/c1-9(2)8-12-15(20)18(10(3)14(19)17-12)13-7-5-4-6-11(13)16/h4-7,9-10,12H,8H2,1-3H3,(H,17,19). The lowest BCUT2D eigenvalue weighted by atomic mass is 9.98. The number of piperazine rings is 1. The van der Waals surface area contributed by atoms with E-state index in [1.165, 1.54) is 0 Å². The summed E-state index contributed by atoms with van der Waals surface area (Å²) < 4.78 is 0.818. The van der Waals surface area contributed by atoms with E-state index >= 15 is 0 Å². The molecule has 0 aromatic heterocycles. The number of para-hydroxylation sites is 1. The van der Waals surface area contributed by atoms with Gasteiger partial charge in [-0.25, -0.2) is 0 Å². The first-order valence-corrected chi connectivity index (χ1v) is 7.59. The number of halogens is 1. The normalized spacial score (nSPS) is 23.1. The summed E-state index contributed by atoms with van der Waals surface area (Å²) in [6, 6.07) is 6.54. The molecule has 1 aromatic carbocycles. The molecule has 0 spiro atoms. The monoisotopic (exact) mass is 338 g/mol. The molecule has 5 heteroatoms. The van der Waals surface area contributed by atoms with Crippen LogP contribution in [0.15, 0.2) is 28.7 Å². The van der Waals surface area contributed by atoms with Gasteiger partial charge in [-0.05, 0) is 47.3 Å². The summed E-state index contributed by atoms with van der Waals surface area (Å²) in [7, 11) is 0. The van der Waals surface area contributed by atoms with Gasteiger partial charge in [-0.15, -0.1) is 0 Å². The zero-order valence-corrected chi connectivity index (χ0v) is 13.5. The molecule has 2 amide bonds. The van der Waals surface area contributed by atoms with Gasteiger partial charge in [-0.2, -0.15) is 0 Å². The topological polar surface area (TPSA) is 49.4 Å². The van der Waals surface area contributed by atoms with Crippen molar-refractivity contribution < 1.29 is 9.59 Å². The molecule has 4 nitrogen and oxygen atoms in total. The van der Waals surface area contributed by atoms with Crippen molar-refractivity contribution in [3.05, 3.63) is 28.7 Å². The Labute approximate surface area is 127 Å². The number of benzene rings is 1. The summed E-state index contributed by atoms with van der Waals surface area (Å²) >= 11 is 3.45. The number of anilines is 1. The first-order chi connectivity index (χ1) is 9.41. The van der Waals surface area contributed by atoms with Crippen LogP contribution in [0.3, 0.4) is 0 Å². The Morgan fingerprint density at radius 2 is 1.95 bits per heavy atom. The van der Waals surface area contributed by atoms with Gasteiger partial charge < -0.3 is 5.32 Å². The predicted molar refractivity (Wildman–Crippen MR) is 82.5 cm³/mol. The van der Waals surface area contributed by atoms with Crippen LogP contribution in [0.1, 0.15) is 27.2 Å². The van der Waals surface area contributed by atoms with Crippen molar-refractivity contribution in [3.63, 3.8) is 0 Å². The maximum absolute atomic E-state index is 12.7. The van der Waals surface area contributed by atoms with Crippen molar-refractivity contribution in [1.82, 2.24) is 5.32 Å². The molecule has 20 heavy (non-hydrogen) atoms. The molecule has 2 unspecified atom stereocenters. The summed E-state index contributed by atoms with van der Waals surface area (Å²) in [5.74, 6) is 0.197. The number of hydrogen-bond acceptors (Lipinski definition) is 2. The summed E-state index contributed by atoms with van der Waals surface area (Å²) in [5, 5.41) is 2.82. The zero-order chi connectivity index (χ0) is 14.9. The molecule has 1 heterocycles. The summed E-state index contributed by atoms with van der Waals surface area (Å²) in [6.45, 7) is 5.83. The second kappa shape index (κ2) is 5.95. The zero-order valence-electron chi connectivity index (χ0n) is 11.9. The highest BCUT2D eigenvalue weighted by Crippen LogP contribution is 2.30. The lowest BCUT2D eigenvalue weighted by molar-refractivity contribution is -0.133. The van der Waals surface area contributed by atoms with Gasteiger partial charge in [0.05, 0.1) is 5.69 Å². The highest BCUT2D eigenvalue weighted by Gasteiger charge is 2.39. The van der Waals surface area contributed by atoms with Gasteiger partial charge in [0.1, 0.15) is 12.1 Å². The molecular formula is C15H19BrN2O2. The minimum atomic E-state index is -0.496. The fourth-order valence-electron chi connectivity index (χ4n) is 2.44. The van der Waals surface area contributed by atoms with E-state index in [1.54, 1.807) is 11.8 Å². The molecule has 1 saturated heterocycles. The van der Waals surface area contributed by atoms with E-state index in [1.807, 2.05) is 38.1 Å². The Kier molecular flexibility index (Phi) is 4.48. The van der Waals surface area contributed by atoms with Crippen LogP contribution in [0.4, 0.5) is 5.69 Å². The average Bonchev–Trinajstić information content (AvgIpc) is 2.38. The quantitative estimate of drug-likeness (QED) is 0.921. The molecule has 1 fully saturated rings. The van der Waals surface area contributed by atoms with Gasteiger partial charge in [0.25, 0.3) is 0 Å². The summed E-state index contributed by atoms with van der Waals surface area (Å²) in [5.41, 5.74) is 0.744. The van der Waals surface area contributed by atoms with Crippen molar-refractivity contribution in [1.29, 1.82) is 0 Å². The van der Waals surface area contributed by atoms with E-state index in [-0.39, 0.29) is 11.8 Å². The average molecular weight is 339 g/mol. The SMILES string of the molecule is CC(C)CC1NC(=O)C(C)N(c2ccccc2Br)C1=O. The second-order valence-electron chi connectivity index (χ2n) is 5.53. The van der Waals surface area contributed by atoms with Crippen molar-refractivity contribution in [3.8, 4) is 0 Å². The Bertz CT molecular complexity index is 530. The van der Waals surface area contributed by atoms with E-state index in [4.69, 9.17) is 0 Å². The molecule has 1 aliphatic heterocycles. The van der Waals surface area contributed by atoms with Gasteiger partial charge in [0.15, 0.2) is 0 Å². The largest absolute Gasteiger partial charge is 0.342 e. The molecule has 108 valence electrons. The third-order valence-corrected chi connectivity index (χ3v) is 4.11. The van der Waals surface area contributed by atoms with Gasteiger partial charge in [0, 0.05) is 4.47 Å². The summed E-state index contributed by atoms with van der Waals surface area (Å²) in [6.07, 6.45) is 0.651. The van der Waals surface area contributed by atoms with Crippen LogP contribution >= 0.6 is 15.9 Å². The number of rotatable bonds is 3. The first kappa shape index (κ1) is 15.0. The van der Waals surface area contributed by atoms with Gasteiger partial charge in [0.2, 0.25) is 11.8 Å². The number of hydrogen-bond donors (Lipinski definition) is 1. The van der Waals surface area contributed by atoms with Crippen LogP contribution in [-0.4, -0.2) is 23.9 Å². The van der Waals surface area contributed by atoms with E-state index in [2.05, 4.69) is 21.2 Å².